The van der Waals surface area contributed by atoms with E-state index >= 15 is 0 Å². The Bertz CT molecular complexity index is 466. The van der Waals surface area contributed by atoms with E-state index in [-0.39, 0.29) is 6.10 Å². The first-order valence-electron chi connectivity index (χ1n) is 7.15. The fourth-order valence-electron chi connectivity index (χ4n) is 3.59. The third kappa shape index (κ3) is 1.65. The van der Waals surface area contributed by atoms with E-state index in [2.05, 4.69) is 22.3 Å². The van der Waals surface area contributed by atoms with Crippen molar-refractivity contribution in [1.29, 1.82) is 0 Å². The van der Waals surface area contributed by atoms with Crippen molar-refractivity contribution < 1.29 is 4.74 Å². The van der Waals surface area contributed by atoms with E-state index in [4.69, 9.17) is 4.74 Å². The summed E-state index contributed by atoms with van der Waals surface area (Å²) in [6, 6.07) is 4.79. The highest BCUT2D eigenvalue weighted by Crippen LogP contribution is 2.38. The predicted octanol–water partition coefficient (Wildman–Crippen LogP) is 1.66. The molecule has 3 heteroatoms. The second-order valence-electron chi connectivity index (χ2n) is 5.59. The second-order valence-corrected chi connectivity index (χ2v) is 5.59. The fraction of sp³-hybridized carbons (Fsp3) is 0.600. The summed E-state index contributed by atoms with van der Waals surface area (Å²) in [5, 5.41) is 3.43. The number of nitrogens with zero attached hydrogens (tertiary/aromatic N) is 1. The molecule has 1 aromatic rings. The lowest BCUT2D eigenvalue weighted by atomic mass is 9.94. The van der Waals surface area contributed by atoms with Gasteiger partial charge in [0.05, 0.1) is 12.7 Å². The molecule has 1 aromatic carbocycles. The van der Waals surface area contributed by atoms with Crippen LogP contribution in [-0.4, -0.2) is 32.8 Å². The number of nitrogens with one attached hydrogen (secondary N) is 1. The lowest BCUT2D eigenvalue weighted by molar-refractivity contribution is 0.0276. The largest absolute Gasteiger partial charge is 0.371 e. The van der Waals surface area contributed by atoms with E-state index < -0.39 is 0 Å². The Balaban J connectivity index is 1.73. The first-order valence-corrected chi connectivity index (χ1v) is 7.15. The topological polar surface area (TPSA) is 24.5 Å². The fourth-order valence-corrected chi connectivity index (χ4v) is 3.59. The minimum absolute atomic E-state index is 0.260. The summed E-state index contributed by atoms with van der Waals surface area (Å²) in [4.78, 5) is 2.57. The van der Waals surface area contributed by atoms with Gasteiger partial charge in [-0.2, -0.15) is 0 Å². The van der Waals surface area contributed by atoms with Gasteiger partial charge < -0.3 is 15.0 Å². The maximum Gasteiger partial charge on any atom is 0.0950 e. The van der Waals surface area contributed by atoms with Crippen molar-refractivity contribution in [2.45, 2.75) is 25.4 Å². The van der Waals surface area contributed by atoms with Crippen molar-refractivity contribution in [3.8, 4) is 0 Å². The van der Waals surface area contributed by atoms with Crippen molar-refractivity contribution in [2.75, 3.05) is 37.7 Å². The molecule has 1 unspecified atom stereocenters. The van der Waals surface area contributed by atoms with Gasteiger partial charge in [-0.05, 0) is 36.0 Å². The van der Waals surface area contributed by atoms with E-state index in [0.29, 0.717) is 0 Å². The van der Waals surface area contributed by atoms with Gasteiger partial charge in [0.25, 0.3) is 0 Å². The lowest BCUT2D eigenvalue weighted by Crippen LogP contribution is -2.33. The van der Waals surface area contributed by atoms with Crippen LogP contribution < -0.4 is 10.2 Å². The van der Waals surface area contributed by atoms with Crippen molar-refractivity contribution in [1.82, 2.24) is 5.32 Å². The van der Waals surface area contributed by atoms with Crippen LogP contribution >= 0.6 is 0 Å². The van der Waals surface area contributed by atoms with Crippen LogP contribution in [0.2, 0.25) is 0 Å². The van der Waals surface area contributed by atoms with Crippen molar-refractivity contribution in [2.24, 2.45) is 0 Å². The highest BCUT2D eigenvalue weighted by molar-refractivity contribution is 5.66. The molecule has 0 aromatic heterocycles. The van der Waals surface area contributed by atoms with Gasteiger partial charge in [0.15, 0.2) is 0 Å². The number of anilines is 1. The molecule has 18 heavy (non-hydrogen) atoms. The number of hydrogen-bond donors (Lipinski definition) is 1. The third-order valence-electron chi connectivity index (χ3n) is 4.43. The summed E-state index contributed by atoms with van der Waals surface area (Å²) in [6.07, 6.45) is 4.03. The van der Waals surface area contributed by atoms with Crippen molar-refractivity contribution >= 4 is 5.69 Å². The van der Waals surface area contributed by atoms with Gasteiger partial charge in [-0.3, -0.25) is 0 Å². The molecule has 0 saturated carbocycles. The highest BCUT2D eigenvalue weighted by Gasteiger charge is 2.27. The van der Waals surface area contributed by atoms with Gasteiger partial charge in [0, 0.05) is 31.9 Å². The van der Waals surface area contributed by atoms with E-state index in [1.807, 2.05) is 0 Å². The van der Waals surface area contributed by atoms with Crippen LogP contribution in [0.4, 0.5) is 5.69 Å². The summed E-state index contributed by atoms with van der Waals surface area (Å²) < 4.78 is 5.89. The Kier molecular flexibility index (Phi) is 2.55. The third-order valence-corrected chi connectivity index (χ3v) is 4.43. The summed E-state index contributed by atoms with van der Waals surface area (Å²) in [6.45, 7) is 5.25. The van der Waals surface area contributed by atoms with E-state index in [1.165, 1.54) is 37.9 Å². The molecule has 1 fully saturated rings. The van der Waals surface area contributed by atoms with Gasteiger partial charge in [-0.1, -0.05) is 12.1 Å². The van der Waals surface area contributed by atoms with Crippen LogP contribution in [0, 0.1) is 0 Å². The zero-order valence-electron chi connectivity index (χ0n) is 10.7. The molecule has 1 N–H and O–H groups in total. The number of benzene rings is 1. The van der Waals surface area contributed by atoms with Crippen molar-refractivity contribution in [3.63, 3.8) is 0 Å². The predicted molar refractivity (Wildman–Crippen MR) is 72.2 cm³/mol. The quantitative estimate of drug-likeness (QED) is 0.813. The average Bonchev–Trinajstić information content (AvgIpc) is 2.85. The molecule has 0 radical (unpaired) electrons. The summed E-state index contributed by atoms with van der Waals surface area (Å²) in [5.74, 6) is 0. The maximum atomic E-state index is 5.89. The minimum atomic E-state index is 0.260. The van der Waals surface area contributed by atoms with Crippen LogP contribution in [0.15, 0.2) is 12.1 Å². The Morgan fingerprint density at radius 2 is 2.06 bits per heavy atom. The second kappa shape index (κ2) is 4.25. The number of morpholine rings is 1. The van der Waals surface area contributed by atoms with E-state index in [1.54, 1.807) is 16.8 Å². The van der Waals surface area contributed by atoms with Gasteiger partial charge in [-0.15, -0.1) is 0 Å². The zero-order valence-corrected chi connectivity index (χ0v) is 10.7. The van der Waals surface area contributed by atoms with Crippen LogP contribution in [0.25, 0.3) is 0 Å². The molecule has 0 bridgehead atoms. The summed E-state index contributed by atoms with van der Waals surface area (Å²) in [7, 11) is 0. The maximum absolute atomic E-state index is 5.89. The Morgan fingerprint density at radius 3 is 2.89 bits per heavy atom. The molecular formula is C15H20N2O. The van der Waals surface area contributed by atoms with E-state index in [9.17, 15) is 0 Å². The van der Waals surface area contributed by atoms with Crippen LogP contribution in [-0.2, 0) is 17.6 Å². The Hall–Kier alpha value is -1.06. The zero-order chi connectivity index (χ0) is 11.9. The normalized spacial score (nSPS) is 26.2. The standard InChI is InChI=1S/C15H20N2O/c1-2-11-8-13(14-10-16-4-7-18-14)9-12-3-6-17(5-1)15(11)12/h8-9,14,16H,1-7,10H2. The Morgan fingerprint density at radius 1 is 1.17 bits per heavy atom. The number of ether oxygens (including phenoxy) is 1. The monoisotopic (exact) mass is 244 g/mol. The number of hydrogen-bond acceptors (Lipinski definition) is 3. The Labute approximate surface area is 108 Å². The molecule has 96 valence electrons. The van der Waals surface area contributed by atoms with E-state index in [0.717, 1.165) is 19.7 Å². The van der Waals surface area contributed by atoms with Gasteiger partial charge in [0.1, 0.15) is 0 Å². The molecular weight excluding hydrogens is 224 g/mol. The van der Waals surface area contributed by atoms with Crippen LogP contribution in [0.3, 0.4) is 0 Å². The van der Waals surface area contributed by atoms with Gasteiger partial charge in [0.2, 0.25) is 0 Å². The molecule has 3 aliphatic heterocycles. The summed E-state index contributed by atoms with van der Waals surface area (Å²) >= 11 is 0. The van der Waals surface area contributed by atoms with Crippen LogP contribution in [0.1, 0.15) is 29.2 Å². The first-order chi connectivity index (χ1) is 8.92. The highest BCUT2D eigenvalue weighted by atomic mass is 16.5. The number of aryl methyl sites for hydroxylation is 1. The lowest BCUT2D eigenvalue weighted by Gasteiger charge is -2.29. The molecule has 1 saturated heterocycles. The number of rotatable bonds is 1. The first kappa shape index (κ1) is 10.8. The van der Waals surface area contributed by atoms with Crippen molar-refractivity contribution in [3.05, 3.63) is 28.8 Å². The smallest absolute Gasteiger partial charge is 0.0950 e. The van der Waals surface area contributed by atoms with Gasteiger partial charge in [-0.25, -0.2) is 0 Å². The molecule has 4 rings (SSSR count). The minimum Gasteiger partial charge on any atom is -0.371 e. The molecule has 0 spiro atoms. The molecule has 0 amide bonds. The average molecular weight is 244 g/mol. The molecule has 3 aliphatic rings. The van der Waals surface area contributed by atoms with Crippen LogP contribution in [0.5, 0.6) is 0 Å². The molecule has 0 aliphatic carbocycles. The summed E-state index contributed by atoms with van der Waals surface area (Å²) in [5.41, 5.74) is 6.05. The van der Waals surface area contributed by atoms with Gasteiger partial charge >= 0.3 is 0 Å². The molecule has 1 atom stereocenters. The molecule has 3 heterocycles. The molecule has 3 nitrogen and oxygen atoms in total. The SMILES string of the molecule is c1c(C2CNCCO2)cc2c3c1CCCN3CC2.